The largest absolute Gasteiger partial charge is 0.495 e. The molecule has 0 radical (unpaired) electrons. The monoisotopic (exact) mass is 323 g/mol. The van der Waals surface area contributed by atoms with E-state index in [2.05, 4.69) is 10.6 Å². The number of halogens is 1. The van der Waals surface area contributed by atoms with Crippen LogP contribution in [0, 0.1) is 11.8 Å². The number of benzene rings is 1. The van der Waals surface area contributed by atoms with Crippen molar-refractivity contribution in [2.45, 2.75) is 6.42 Å². The van der Waals surface area contributed by atoms with E-state index in [9.17, 15) is 4.79 Å². The molecule has 0 aromatic heterocycles. The minimum atomic E-state index is 0.225. The second kappa shape index (κ2) is 6.75. The third-order valence-electron chi connectivity index (χ3n) is 4.56. The van der Waals surface area contributed by atoms with Crippen molar-refractivity contribution in [2.24, 2.45) is 11.8 Å². The van der Waals surface area contributed by atoms with E-state index in [0.717, 1.165) is 37.6 Å². The van der Waals surface area contributed by atoms with E-state index in [1.165, 1.54) is 0 Å². The van der Waals surface area contributed by atoms with Gasteiger partial charge < -0.3 is 20.3 Å². The van der Waals surface area contributed by atoms with Gasteiger partial charge in [0.15, 0.2) is 0 Å². The molecule has 1 aromatic rings. The molecule has 22 heavy (non-hydrogen) atoms. The number of likely N-dealkylation sites (tertiary alicyclic amines) is 1. The van der Waals surface area contributed by atoms with E-state index in [0.29, 0.717) is 29.8 Å². The van der Waals surface area contributed by atoms with E-state index in [1.807, 2.05) is 17.0 Å². The maximum atomic E-state index is 12.3. The molecule has 2 aliphatic rings. The zero-order valence-electron chi connectivity index (χ0n) is 12.8. The van der Waals surface area contributed by atoms with Crippen LogP contribution in [0.4, 0.5) is 5.69 Å². The predicted octanol–water partition coefficient (Wildman–Crippen LogP) is 1.83. The molecule has 0 unspecified atom stereocenters. The molecule has 2 saturated heterocycles. The molecule has 5 nitrogen and oxygen atoms in total. The highest BCUT2D eigenvalue weighted by molar-refractivity contribution is 6.30. The third kappa shape index (κ3) is 3.31. The van der Waals surface area contributed by atoms with Crippen molar-refractivity contribution >= 4 is 23.2 Å². The first-order chi connectivity index (χ1) is 10.7. The summed E-state index contributed by atoms with van der Waals surface area (Å²) in [5, 5.41) is 7.28. The number of methoxy groups -OCH3 is 1. The highest BCUT2D eigenvalue weighted by atomic mass is 35.5. The summed E-state index contributed by atoms with van der Waals surface area (Å²) < 4.78 is 5.28. The summed E-state index contributed by atoms with van der Waals surface area (Å²) in [5.41, 5.74) is 0.824. The Labute approximate surface area is 136 Å². The Morgan fingerprint density at radius 3 is 2.82 bits per heavy atom. The normalized spacial score (nSPS) is 23.5. The number of hydrogen-bond acceptors (Lipinski definition) is 4. The molecule has 2 aliphatic heterocycles. The minimum Gasteiger partial charge on any atom is -0.495 e. The van der Waals surface area contributed by atoms with Crippen LogP contribution in [0.3, 0.4) is 0 Å². The van der Waals surface area contributed by atoms with Crippen LogP contribution in [0.1, 0.15) is 6.42 Å². The molecule has 0 bridgehead atoms. The van der Waals surface area contributed by atoms with E-state index >= 15 is 0 Å². The topological polar surface area (TPSA) is 53.6 Å². The maximum absolute atomic E-state index is 12.3. The van der Waals surface area contributed by atoms with Crippen molar-refractivity contribution in [3.8, 4) is 5.75 Å². The number of nitrogens with one attached hydrogen (secondary N) is 2. The molecule has 6 heteroatoms. The number of ether oxygens (including phenoxy) is 1. The van der Waals surface area contributed by atoms with E-state index in [1.54, 1.807) is 13.2 Å². The van der Waals surface area contributed by atoms with E-state index in [-0.39, 0.29) is 5.91 Å². The highest BCUT2D eigenvalue weighted by Crippen LogP contribution is 2.28. The molecule has 120 valence electrons. The quantitative estimate of drug-likeness (QED) is 0.868. The molecule has 2 atom stereocenters. The summed E-state index contributed by atoms with van der Waals surface area (Å²) in [4.78, 5) is 14.3. The number of carbonyl (C=O) groups is 1. The predicted molar refractivity (Wildman–Crippen MR) is 87.5 cm³/mol. The lowest BCUT2D eigenvalue weighted by molar-refractivity contribution is -0.130. The van der Waals surface area contributed by atoms with E-state index < -0.39 is 0 Å². The molecule has 0 aliphatic carbocycles. The second-order valence-corrected chi connectivity index (χ2v) is 6.43. The van der Waals surface area contributed by atoms with Crippen LogP contribution >= 0.6 is 11.6 Å². The fourth-order valence-corrected chi connectivity index (χ4v) is 3.51. The van der Waals surface area contributed by atoms with Crippen LogP contribution in [-0.2, 0) is 4.79 Å². The Hall–Kier alpha value is -1.46. The summed E-state index contributed by atoms with van der Waals surface area (Å²) in [7, 11) is 1.62. The molecular formula is C16H22ClN3O2. The first kappa shape index (κ1) is 15.4. The standard InChI is InChI=1S/C16H22ClN3O2/c1-22-15-3-2-13(17)6-14(15)19-5-4-16(21)20-9-11-7-18-8-12(11)10-20/h2-3,6,11-12,18-19H,4-5,7-10H2,1H3/t11-,12+. The van der Waals surface area contributed by atoms with Crippen LogP contribution in [0.25, 0.3) is 0 Å². The molecule has 2 N–H and O–H groups in total. The molecule has 0 spiro atoms. The Balaban J connectivity index is 1.49. The molecule has 1 amide bonds. The number of hydrogen-bond donors (Lipinski definition) is 2. The molecule has 3 rings (SSSR count). The van der Waals surface area contributed by atoms with Gasteiger partial charge in [-0.05, 0) is 30.0 Å². The maximum Gasteiger partial charge on any atom is 0.224 e. The zero-order valence-corrected chi connectivity index (χ0v) is 13.5. The van der Waals surface area contributed by atoms with Gasteiger partial charge in [0.05, 0.1) is 12.8 Å². The van der Waals surface area contributed by atoms with Gasteiger partial charge >= 0.3 is 0 Å². The van der Waals surface area contributed by atoms with Crippen LogP contribution in [0.5, 0.6) is 5.75 Å². The molecule has 0 saturated carbocycles. The van der Waals surface area contributed by atoms with Gasteiger partial charge in [-0.15, -0.1) is 0 Å². The van der Waals surface area contributed by atoms with Gasteiger partial charge in [0.25, 0.3) is 0 Å². The first-order valence-electron chi connectivity index (χ1n) is 7.73. The first-order valence-corrected chi connectivity index (χ1v) is 8.11. The van der Waals surface area contributed by atoms with Crippen molar-refractivity contribution in [1.29, 1.82) is 0 Å². The van der Waals surface area contributed by atoms with Crippen LogP contribution < -0.4 is 15.4 Å². The van der Waals surface area contributed by atoms with Gasteiger partial charge in [-0.25, -0.2) is 0 Å². The zero-order chi connectivity index (χ0) is 15.5. The van der Waals surface area contributed by atoms with Crippen LogP contribution in [-0.4, -0.2) is 50.6 Å². The molecular weight excluding hydrogens is 302 g/mol. The van der Waals surface area contributed by atoms with Gasteiger partial charge in [0, 0.05) is 44.2 Å². The average molecular weight is 324 g/mol. The highest BCUT2D eigenvalue weighted by Gasteiger charge is 2.37. The lowest BCUT2D eigenvalue weighted by atomic mass is 10.0. The van der Waals surface area contributed by atoms with Gasteiger partial charge in [0.2, 0.25) is 5.91 Å². The van der Waals surface area contributed by atoms with E-state index in [4.69, 9.17) is 16.3 Å². The Morgan fingerprint density at radius 2 is 2.14 bits per heavy atom. The van der Waals surface area contributed by atoms with Crippen molar-refractivity contribution in [3.63, 3.8) is 0 Å². The summed E-state index contributed by atoms with van der Waals surface area (Å²) in [6, 6.07) is 5.42. The second-order valence-electron chi connectivity index (χ2n) is 6.00. The smallest absolute Gasteiger partial charge is 0.224 e. The fraction of sp³-hybridized carbons (Fsp3) is 0.562. The number of anilines is 1. The SMILES string of the molecule is COc1ccc(Cl)cc1NCCC(=O)N1C[C@H]2CNC[C@H]2C1. The Bertz CT molecular complexity index is 540. The van der Waals surface area contributed by atoms with Crippen LogP contribution in [0.15, 0.2) is 18.2 Å². The van der Waals surface area contributed by atoms with Gasteiger partial charge in [0.1, 0.15) is 5.75 Å². The Kier molecular flexibility index (Phi) is 4.74. The van der Waals surface area contributed by atoms with Crippen molar-refractivity contribution in [2.75, 3.05) is 45.2 Å². The van der Waals surface area contributed by atoms with Crippen molar-refractivity contribution in [3.05, 3.63) is 23.2 Å². The van der Waals surface area contributed by atoms with Crippen LogP contribution in [0.2, 0.25) is 5.02 Å². The summed E-state index contributed by atoms with van der Waals surface area (Å²) in [5.74, 6) is 2.25. The number of nitrogens with zero attached hydrogens (tertiary/aromatic N) is 1. The lowest BCUT2D eigenvalue weighted by Gasteiger charge is -2.18. The Morgan fingerprint density at radius 1 is 1.41 bits per heavy atom. The summed E-state index contributed by atoms with van der Waals surface area (Å²) in [6.45, 7) is 4.48. The fourth-order valence-electron chi connectivity index (χ4n) is 3.34. The summed E-state index contributed by atoms with van der Waals surface area (Å²) >= 11 is 6.00. The number of carbonyl (C=O) groups excluding carboxylic acids is 1. The van der Waals surface area contributed by atoms with Gasteiger partial charge in [-0.1, -0.05) is 11.6 Å². The van der Waals surface area contributed by atoms with Gasteiger partial charge in [-0.2, -0.15) is 0 Å². The van der Waals surface area contributed by atoms with Crippen molar-refractivity contribution in [1.82, 2.24) is 10.2 Å². The molecule has 2 heterocycles. The third-order valence-corrected chi connectivity index (χ3v) is 4.79. The molecule has 1 aromatic carbocycles. The van der Waals surface area contributed by atoms with Crippen molar-refractivity contribution < 1.29 is 9.53 Å². The lowest BCUT2D eigenvalue weighted by Crippen LogP contribution is -2.32. The average Bonchev–Trinajstić information content (AvgIpc) is 3.08. The minimum absolute atomic E-state index is 0.225. The molecule has 2 fully saturated rings. The van der Waals surface area contributed by atoms with Gasteiger partial charge in [-0.3, -0.25) is 4.79 Å². The number of fused-ring (bicyclic) bond motifs is 1. The summed E-state index contributed by atoms with van der Waals surface area (Å²) in [6.07, 6.45) is 0.489. The number of rotatable bonds is 5. The number of amides is 1.